The van der Waals surface area contributed by atoms with Crippen LogP contribution in [0.5, 0.6) is 11.5 Å². The molecule has 2 unspecified atom stereocenters. The van der Waals surface area contributed by atoms with Crippen molar-refractivity contribution in [2.75, 3.05) is 60.7 Å². The Labute approximate surface area is 286 Å². The van der Waals surface area contributed by atoms with E-state index in [0.29, 0.717) is 0 Å². The maximum absolute atomic E-state index is 13.1. The Kier molecular flexibility index (Phi) is 14.4. The minimum Gasteiger partial charge on any atom is -0.482 e. The molecule has 11 nitrogen and oxygen atoms in total. The molecule has 2 aromatic rings. The lowest BCUT2D eigenvalue weighted by atomic mass is 10.1. The van der Waals surface area contributed by atoms with E-state index >= 15 is 0 Å². The highest BCUT2D eigenvalue weighted by Crippen LogP contribution is 2.43. The summed E-state index contributed by atoms with van der Waals surface area (Å²) in [5.41, 5.74) is -7.10. The van der Waals surface area contributed by atoms with Gasteiger partial charge in [0, 0.05) is 0 Å². The van der Waals surface area contributed by atoms with E-state index in [2.05, 4.69) is 0 Å². The maximum atomic E-state index is 13.1. The molecule has 0 fully saturated rings. The van der Waals surface area contributed by atoms with Crippen molar-refractivity contribution in [3.05, 3.63) is 58.7 Å². The van der Waals surface area contributed by atoms with E-state index in [4.69, 9.17) is 28.0 Å². The average molecular weight is 798 g/mol. The van der Waals surface area contributed by atoms with Crippen molar-refractivity contribution in [2.45, 2.75) is 30.8 Å². The number of halogens is 12. The minimum atomic E-state index is -5.26. The molecule has 0 saturated heterocycles. The lowest BCUT2D eigenvalue weighted by Gasteiger charge is -2.24. The van der Waals surface area contributed by atoms with Crippen LogP contribution in [-0.2, 0) is 57.4 Å². The molecule has 24 heteroatoms. The van der Waals surface area contributed by atoms with Crippen LogP contribution in [0.4, 0.5) is 52.7 Å². The van der Waals surface area contributed by atoms with E-state index in [1.807, 2.05) is 0 Å². The monoisotopic (exact) mass is 798 g/mol. The molecule has 2 aromatic carbocycles. The summed E-state index contributed by atoms with van der Waals surface area (Å²) in [7, 11) is 0.192. The topological polar surface area (TPSA) is 127 Å². The van der Waals surface area contributed by atoms with Crippen molar-refractivity contribution in [3.8, 4) is 11.5 Å². The van der Waals surface area contributed by atoms with Gasteiger partial charge >= 0.3 is 44.5 Å². The molecule has 2 atom stereocenters. The van der Waals surface area contributed by atoms with Gasteiger partial charge in [-0.05, 0) is 36.4 Å². The van der Waals surface area contributed by atoms with Gasteiger partial charge in [0.05, 0.1) is 50.0 Å². The number of benzene rings is 2. The van der Waals surface area contributed by atoms with E-state index in [1.165, 1.54) is 0 Å². The number of nitrogens with zero attached hydrogens (tertiary/aromatic N) is 1. The number of carbonyl (C=O) groups is 2. The van der Waals surface area contributed by atoms with Gasteiger partial charge in [0.15, 0.2) is 19.3 Å². The predicted octanol–water partition coefficient (Wildman–Crippen LogP) is 6.51. The minimum absolute atomic E-state index is 0.141. The first-order valence-electron chi connectivity index (χ1n) is 14.1. The molecule has 1 N–H and O–H groups in total. The van der Waals surface area contributed by atoms with Crippen molar-refractivity contribution in [1.82, 2.24) is 0 Å². The highest BCUT2D eigenvalue weighted by Gasteiger charge is 2.39. The van der Waals surface area contributed by atoms with Crippen LogP contribution in [0.3, 0.4) is 0 Å². The fraction of sp³-hybridized carbons (Fsp3) is 0.500. The van der Waals surface area contributed by atoms with Crippen molar-refractivity contribution in [3.63, 3.8) is 0 Å². The van der Waals surface area contributed by atoms with Gasteiger partial charge in [-0.3, -0.25) is 9.05 Å². The van der Waals surface area contributed by atoms with Gasteiger partial charge < -0.3 is 28.3 Å². The lowest BCUT2D eigenvalue weighted by molar-refractivity contribution is -0.870. The highest BCUT2D eigenvalue weighted by molar-refractivity contribution is 7.47. The number of quaternary nitrogens is 1. The van der Waals surface area contributed by atoms with Gasteiger partial charge in [-0.1, -0.05) is 0 Å². The van der Waals surface area contributed by atoms with E-state index in [9.17, 15) is 71.7 Å². The Hall–Kier alpha value is -3.79. The third-order valence-corrected chi connectivity index (χ3v) is 6.99. The first-order chi connectivity index (χ1) is 23.4. The SMILES string of the molecule is C[N+](C)(C)CCOP(=O)(O)OCC(COC(=O)COc1cc(C(F)(F)F)cc(C(F)(F)F)c1)OC(=O)COc1cc(C(F)(F)F)cc(C(F)(F)F)c1. The summed E-state index contributed by atoms with van der Waals surface area (Å²) in [5.74, 6) is -5.20. The van der Waals surface area contributed by atoms with Crippen LogP contribution in [0, 0.1) is 0 Å². The largest absolute Gasteiger partial charge is 0.482 e. The second-order valence-electron chi connectivity index (χ2n) is 11.5. The Bertz CT molecular complexity index is 1520. The highest BCUT2D eigenvalue weighted by atomic mass is 31.2. The van der Waals surface area contributed by atoms with Gasteiger partial charge in [-0.15, -0.1) is 0 Å². The van der Waals surface area contributed by atoms with Gasteiger partial charge in [-0.2, -0.15) is 52.7 Å². The summed E-state index contributed by atoms with van der Waals surface area (Å²) >= 11 is 0. The Morgan fingerprint density at radius 3 is 1.40 bits per heavy atom. The summed E-state index contributed by atoms with van der Waals surface area (Å²) in [6, 6.07) is 0.169. The van der Waals surface area contributed by atoms with Gasteiger partial charge in [-0.25, -0.2) is 14.2 Å². The fourth-order valence-electron chi connectivity index (χ4n) is 3.51. The van der Waals surface area contributed by atoms with Crippen molar-refractivity contribution in [1.29, 1.82) is 0 Å². The summed E-state index contributed by atoms with van der Waals surface area (Å²) in [6.07, 6.45) is -22.9. The molecule has 0 saturated carbocycles. The maximum Gasteiger partial charge on any atom is 0.472 e. The number of phosphoric ester groups is 1. The summed E-state index contributed by atoms with van der Waals surface area (Å²) in [5, 5.41) is 0. The molecular formula is C28H29F12NO10P+. The lowest BCUT2D eigenvalue weighted by Crippen LogP contribution is -2.37. The molecule has 0 aliphatic carbocycles. The Morgan fingerprint density at radius 2 is 1.04 bits per heavy atom. The van der Waals surface area contributed by atoms with E-state index < -0.39 is 111 Å². The molecule has 52 heavy (non-hydrogen) atoms. The van der Waals surface area contributed by atoms with Crippen LogP contribution in [0.25, 0.3) is 0 Å². The zero-order valence-electron chi connectivity index (χ0n) is 26.8. The number of ether oxygens (including phenoxy) is 4. The number of rotatable bonds is 16. The zero-order chi connectivity index (χ0) is 39.9. The molecule has 0 radical (unpaired) electrons. The molecule has 0 aliphatic rings. The Balaban J connectivity index is 2.17. The zero-order valence-corrected chi connectivity index (χ0v) is 27.7. The number of esters is 2. The van der Waals surface area contributed by atoms with Crippen LogP contribution < -0.4 is 9.47 Å². The average Bonchev–Trinajstić information content (AvgIpc) is 2.97. The molecule has 0 spiro atoms. The number of hydrogen-bond donors (Lipinski definition) is 1. The van der Waals surface area contributed by atoms with Gasteiger partial charge in [0.2, 0.25) is 0 Å². The van der Waals surface area contributed by atoms with E-state index in [0.717, 1.165) is 0 Å². The number of phosphoric acid groups is 1. The third kappa shape index (κ3) is 15.8. The molecule has 0 aliphatic heterocycles. The van der Waals surface area contributed by atoms with Crippen molar-refractivity contribution in [2.24, 2.45) is 0 Å². The molecule has 0 bridgehead atoms. The summed E-state index contributed by atoms with van der Waals surface area (Å²) < 4.78 is 198. The molecular weight excluding hydrogens is 769 g/mol. The van der Waals surface area contributed by atoms with Crippen molar-refractivity contribution < 1.29 is 104 Å². The third-order valence-electron chi connectivity index (χ3n) is 6.00. The Morgan fingerprint density at radius 1 is 0.654 bits per heavy atom. The quantitative estimate of drug-likeness (QED) is 0.0870. The van der Waals surface area contributed by atoms with Crippen LogP contribution in [-0.4, -0.2) is 88.1 Å². The van der Waals surface area contributed by atoms with Crippen LogP contribution in [0.1, 0.15) is 22.3 Å². The second kappa shape index (κ2) is 16.9. The molecule has 2 rings (SSSR count). The molecule has 0 heterocycles. The molecule has 294 valence electrons. The van der Waals surface area contributed by atoms with Crippen LogP contribution >= 0.6 is 7.82 Å². The summed E-state index contributed by atoms with van der Waals surface area (Å²) in [4.78, 5) is 34.6. The number of carbonyl (C=O) groups excluding carboxylic acids is 2. The fourth-order valence-corrected chi connectivity index (χ4v) is 4.25. The van der Waals surface area contributed by atoms with Gasteiger partial charge in [0.25, 0.3) is 0 Å². The normalized spacial score (nSPS) is 14.7. The number of likely N-dealkylation sites (N-methyl/N-ethyl adjacent to an activating group) is 1. The standard InChI is InChI=1S/C28H28F12NO10P/c1-41(2,3)4-5-49-52(44,45)50-13-22(51-24(43)15-47-21-10-18(27(35,36)37)7-19(11-21)28(38,39)40)12-48-23(42)14-46-20-8-16(25(29,30)31)6-17(9-20)26(32,33)34/h6-11,22H,4-5,12-15H2,1-3H3/p+1. The number of alkyl halides is 12. The predicted molar refractivity (Wildman–Crippen MR) is 149 cm³/mol. The first-order valence-corrected chi connectivity index (χ1v) is 15.6. The van der Waals surface area contributed by atoms with E-state index in [-0.39, 0.29) is 54.0 Å². The molecule has 0 amide bonds. The molecule has 0 aromatic heterocycles. The van der Waals surface area contributed by atoms with Crippen LogP contribution in [0.2, 0.25) is 0 Å². The second-order valence-corrected chi connectivity index (χ2v) is 12.9. The van der Waals surface area contributed by atoms with Crippen LogP contribution in [0.15, 0.2) is 36.4 Å². The number of hydrogen-bond acceptors (Lipinski definition) is 9. The first kappa shape index (κ1) is 44.4. The van der Waals surface area contributed by atoms with Crippen molar-refractivity contribution >= 4 is 19.8 Å². The summed E-state index contributed by atoms with van der Waals surface area (Å²) in [6.45, 7) is -5.10. The smallest absolute Gasteiger partial charge is 0.472 e. The van der Waals surface area contributed by atoms with Gasteiger partial charge in [0.1, 0.15) is 31.3 Å². The van der Waals surface area contributed by atoms with E-state index in [1.54, 1.807) is 21.1 Å².